The standard InChI is InChI=1S/C16H25NO/c1-12-8-7-9-13(2)14(12)17-10-15(3,4)18-16(5,6)11-17/h7-9H,10-11H2,1-6H3. The van der Waals surface area contributed by atoms with Gasteiger partial charge in [0.1, 0.15) is 0 Å². The molecule has 0 amide bonds. The Labute approximate surface area is 111 Å². The molecular weight excluding hydrogens is 222 g/mol. The highest BCUT2D eigenvalue weighted by molar-refractivity contribution is 5.59. The molecule has 0 aliphatic carbocycles. The molecule has 0 aromatic heterocycles. The van der Waals surface area contributed by atoms with E-state index in [0.29, 0.717) is 0 Å². The van der Waals surface area contributed by atoms with Gasteiger partial charge in [-0.15, -0.1) is 0 Å². The fourth-order valence-corrected chi connectivity index (χ4v) is 3.25. The van der Waals surface area contributed by atoms with E-state index in [0.717, 1.165) is 13.1 Å². The third-order valence-electron chi connectivity index (χ3n) is 3.45. The number of benzene rings is 1. The molecule has 0 radical (unpaired) electrons. The van der Waals surface area contributed by atoms with E-state index in [4.69, 9.17) is 4.74 Å². The first-order valence-electron chi connectivity index (χ1n) is 6.72. The Morgan fingerprint density at radius 2 is 1.39 bits per heavy atom. The number of nitrogens with zero attached hydrogens (tertiary/aromatic N) is 1. The van der Waals surface area contributed by atoms with Gasteiger partial charge in [0.2, 0.25) is 0 Å². The maximum Gasteiger partial charge on any atom is 0.0808 e. The van der Waals surface area contributed by atoms with Gasteiger partial charge in [-0.3, -0.25) is 0 Å². The lowest BCUT2D eigenvalue weighted by Crippen LogP contribution is -2.57. The number of rotatable bonds is 1. The second kappa shape index (κ2) is 4.27. The molecule has 0 bridgehead atoms. The Bertz CT molecular complexity index is 412. The van der Waals surface area contributed by atoms with Crippen LogP contribution in [-0.2, 0) is 4.74 Å². The van der Waals surface area contributed by atoms with Crippen LogP contribution in [0.4, 0.5) is 5.69 Å². The lowest BCUT2D eigenvalue weighted by atomic mass is 9.96. The molecule has 1 heterocycles. The SMILES string of the molecule is Cc1cccc(C)c1N1CC(C)(C)OC(C)(C)C1. The summed E-state index contributed by atoms with van der Waals surface area (Å²) in [5.41, 5.74) is 3.88. The third kappa shape index (κ3) is 2.69. The molecule has 0 atom stereocenters. The molecule has 1 fully saturated rings. The Morgan fingerprint density at radius 1 is 0.944 bits per heavy atom. The van der Waals surface area contributed by atoms with E-state index < -0.39 is 0 Å². The van der Waals surface area contributed by atoms with Gasteiger partial charge in [-0.25, -0.2) is 0 Å². The van der Waals surface area contributed by atoms with E-state index in [9.17, 15) is 0 Å². The summed E-state index contributed by atoms with van der Waals surface area (Å²) >= 11 is 0. The van der Waals surface area contributed by atoms with Crippen molar-refractivity contribution in [3.05, 3.63) is 29.3 Å². The summed E-state index contributed by atoms with van der Waals surface area (Å²) in [4.78, 5) is 2.48. The quantitative estimate of drug-likeness (QED) is 0.750. The first-order valence-corrected chi connectivity index (χ1v) is 6.72. The van der Waals surface area contributed by atoms with Gasteiger partial charge >= 0.3 is 0 Å². The number of hydrogen-bond donors (Lipinski definition) is 0. The minimum atomic E-state index is -0.101. The number of ether oxygens (including phenoxy) is 1. The fourth-order valence-electron chi connectivity index (χ4n) is 3.25. The van der Waals surface area contributed by atoms with Crippen molar-refractivity contribution in [1.29, 1.82) is 0 Å². The average Bonchev–Trinajstić information content (AvgIpc) is 2.11. The monoisotopic (exact) mass is 247 g/mol. The van der Waals surface area contributed by atoms with Crippen LogP contribution in [0.25, 0.3) is 0 Å². The van der Waals surface area contributed by atoms with Crippen LogP contribution in [-0.4, -0.2) is 24.3 Å². The number of morpholine rings is 1. The highest BCUT2D eigenvalue weighted by Crippen LogP contribution is 2.34. The normalized spacial score (nSPS) is 22.0. The van der Waals surface area contributed by atoms with E-state index in [2.05, 4.69) is 64.6 Å². The Morgan fingerprint density at radius 3 is 1.83 bits per heavy atom. The lowest BCUT2D eigenvalue weighted by Gasteiger charge is -2.48. The zero-order chi connectivity index (χ0) is 13.6. The van der Waals surface area contributed by atoms with Gasteiger partial charge < -0.3 is 9.64 Å². The van der Waals surface area contributed by atoms with Gasteiger partial charge in [-0.2, -0.15) is 0 Å². The predicted molar refractivity (Wildman–Crippen MR) is 77.4 cm³/mol. The number of aryl methyl sites for hydroxylation is 2. The summed E-state index contributed by atoms with van der Waals surface area (Å²) in [6, 6.07) is 6.51. The second-order valence-corrected chi connectivity index (χ2v) is 6.72. The third-order valence-corrected chi connectivity index (χ3v) is 3.45. The highest BCUT2D eigenvalue weighted by Gasteiger charge is 2.38. The summed E-state index contributed by atoms with van der Waals surface area (Å²) in [7, 11) is 0. The summed E-state index contributed by atoms with van der Waals surface area (Å²) in [5.74, 6) is 0. The van der Waals surface area contributed by atoms with Gasteiger partial charge in [0.25, 0.3) is 0 Å². The molecule has 0 N–H and O–H groups in total. The van der Waals surface area contributed by atoms with Crippen molar-refractivity contribution in [3.63, 3.8) is 0 Å². The van der Waals surface area contributed by atoms with Gasteiger partial charge in [0, 0.05) is 18.8 Å². The van der Waals surface area contributed by atoms with Crippen LogP contribution in [0.2, 0.25) is 0 Å². The van der Waals surface area contributed by atoms with Crippen LogP contribution >= 0.6 is 0 Å². The van der Waals surface area contributed by atoms with Crippen LogP contribution in [0.1, 0.15) is 38.8 Å². The molecule has 100 valence electrons. The Kier molecular flexibility index (Phi) is 3.18. The van der Waals surface area contributed by atoms with E-state index in [1.54, 1.807) is 0 Å². The summed E-state index contributed by atoms with van der Waals surface area (Å²) < 4.78 is 6.15. The average molecular weight is 247 g/mol. The molecule has 0 unspecified atom stereocenters. The summed E-state index contributed by atoms with van der Waals surface area (Å²) in [5, 5.41) is 0. The van der Waals surface area contributed by atoms with Crippen molar-refractivity contribution in [3.8, 4) is 0 Å². The molecule has 1 saturated heterocycles. The minimum absolute atomic E-state index is 0.101. The van der Waals surface area contributed by atoms with Crippen LogP contribution in [0, 0.1) is 13.8 Å². The smallest absolute Gasteiger partial charge is 0.0808 e. The molecule has 0 spiro atoms. The van der Waals surface area contributed by atoms with E-state index in [-0.39, 0.29) is 11.2 Å². The van der Waals surface area contributed by atoms with Crippen LogP contribution in [0.3, 0.4) is 0 Å². The van der Waals surface area contributed by atoms with Gasteiger partial charge in [0.15, 0.2) is 0 Å². The molecule has 18 heavy (non-hydrogen) atoms. The van der Waals surface area contributed by atoms with E-state index in [1.165, 1.54) is 16.8 Å². The zero-order valence-electron chi connectivity index (χ0n) is 12.5. The second-order valence-electron chi connectivity index (χ2n) is 6.72. The highest BCUT2D eigenvalue weighted by atomic mass is 16.5. The van der Waals surface area contributed by atoms with Crippen molar-refractivity contribution < 1.29 is 4.74 Å². The molecule has 1 aliphatic rings. The van der Waals surface area contributed by atoms with E-state index >= 15 is 0 Å². The molecule has 2 nitrogen and oxygen atoms in total. The van der Waals surface area contributed by atoms with Crippen molar-refractivity contribution in [1.82, 2.24) is 0 Å². The first-order chi connectivity index (χ1) is 8.20. The van der Waals surface area contributed by atoms with Gasteiger partial charge in [-0.1, -0.05) is 18.2 Å². The zero-order valence-corrected chi connectivity index (χ0v) is 12.5. The van der Waals surface area contributed by atoms with E-state index in [1.807, 2.05) is 0 Å². The van der Waals surface area contributed by atoms with Crippen LogP contribution in [0.5, 0.6) is 0 Å². The van der Waals surface area contributed by atoms with Crippen molar-refractivity contribution in [2.24, 2.45) is 0 Å². The lowest BCUT2D eigenvalue weighted by molar-refractivity contribution is -0.133. The predicted octanol–water partition coefficient (Wildman–Crippen LogP) is 3.70. The molecule has 0 saturated carbocycles. The number of hydrogen-bond acceptors (Lipinski definition) is 2. The molecular formula is C16H25NO. The minimum Gasteiger partial charge on any atom is -0.366 e. The van der Waals surface area contributed by atoms with Crippen molar-refractivity contribution in [2.45, 2.75) is 52.7 Å². The number of anilines is 1. The fraction of sp³-hybridized carbons (Fsp3) is 0.625. The van der Waals surface area contributed by atoms with Crippen molar-refractivity contribution >= 4 is 5.69 Å². The topological polar surface area (TPSA) is 12.5 Å². The summed E-state index contributed by atoms with van der Waals surface area (Å²) in [6.07, 6.45) is 0. The largest absolute Gasteiger partial charge is 0.366 e. The molecule has 1 aliphatic heterocycles. The molecule has 1 aromatic carbocycles. The summed E-state index contributed by atoms with van der Waals surface area (Å²) in [6.45, 7) is 15.0. The first kappa shape index (κ1) is 13.4. The van der Waals surface area contributed by atoms with Crippen molar-refractivity contribution in [2.75, 3.05) is 18.0 Å². The molecule has 1 aromatic rings. The maximum atomic E-state index is 6.15. The maximum absolute atomic E-state index is 6.15. The van der Waals surface area contributed by atoms with Crippen LogP contribution in [0.15, 0.2) is 18.2 Å². The Balaban J connectivity index is 2.39. The number of para-hydroxylation sites is 1. The van der Waals surface area contributed by atoms with Crippen LogP contribution < -0.4 is 4.90 Å². The molecule has 2 rings (SSSR count). The van der Waals surface area contributed by atoms with Gasteiger partial charge in [-0.05, 0) is 52.7 Å². The Hall–Kier alpha value is -1.02. The molecule has 2 heteroatoms. The van der Waals surface area contributed by atoms with Gasteiger partial charge in [0.05, 0.1) is 11.2 Å².